The lowest BCUT2D eigenvalue weighted by atomic mass is 10.1. The number of hydrogen-bond donors (Lipinski definition) is 2. The molecular formula is C12H17N3O2. The van der Waals surface area contributed by atoms with Gasteiger partial charge in [0, 0.05) is 31.9 Å². The Bertz CT molecular complexity index is 383. The van der Waals surface area contributed by atoms with Crippen molar-refractivity contribution < 1.29 is 9.90 Å². The predicted octanol–water partition coefficient (Wildman–Crippen LogP) is 0.703. The second-order valence-electron chi connectivity index (χ2n) is 4.46. The molecular weight excluding hydrogens is 218 g/mol. The molecule has 0 aliphatic carbocycles. The number of rotatable bonds is 3. The Balaban J connectivity index is 1.92. The van der Waals surface area contributed by atoms with Crippen LogP contribution in [0.5, 0.6) is 0 Å². The Morgan fingerprint density at radius 1 is 1.47 bits per heavy atom. The van der Waals surface area contributed by atoms with E-state index in [4.69, 9.17) is 10.8 Å². The molecule has 1 aliphatic rings. The summed E-state index contributed by atoms with van der Waals surface area (Å²) in [6, 6.07) is 3.70. The van der Waals surface area contributed by atoms with Crippen molar-refractivity contribution in [3.05, 3.63) is 29.6 Å². The van der Waals surface area contributed by atoms with E-state index in [1.54, 1.807) is 12.1 Å². The molecule has 1 aromatic rings. The molecule has 1 saturated heterocycles. The molecule has 5 heteroatoms. The zero-order valence-corrected chi connectivity index (χ0v) is 9.67. The van der Waals surface area contributed by atoms with Crippen molar-refractivity contribution in [2.45, 2.75) is 25.4 Å². The Morgan fingerprint density at radius 2 is 2.18 bits per heavy atom. The van der Waals surface area contributed by atoms with Crippen LogP contribution < -0.4 is 5.73 Å². The quantitative estimate of drug-likeness (QED) is 0.806. The highest BCUT2D eigenvalue weighted by Gasteiger charge is 2.16. The van der Waals surface area contributed by atoms with E-state index in [2.05, 4.69) is 9.88 Å². The van der Waals surface area contributed by atoms with Crippen molar-refractivity contribution in [1.82, 2.24) is 9.88 Å². The number of carboxylic acid groups (broad SMARTS) is 1. The van der Waals surface area contributed by atoms with E-state index in [-0.39, 0.29) is 5.56 Å². The van der Waals surface area contributed by atoms with Gasteiger partial charge in [-0.05, 0) is 25.0 Å². The van der Waals surface area contributed by atoms with Crippen LogP contribution in [-0.2, 0) is 6.54 Å². The number of piperidine rings is 1. The minimum absolute atomic E-state index is 0.231. The Kier molecular flexibility index (Phi) is 3.71. The summed E-state index contributed by atoms with van der Waals surface area (Å²) in [5.74, 6) is -0.937. The van der Waals surface area contributed by atoms with Gasteiger partial charge in [-0.1, -0.05) is 0 Å². The Labute approximate surface area is 100 Å². The molecule has 2 heterocycles. The number of carboxylic acids is 1. The van der Waals surface area contributed by atoms with Gasteiger partial charge in [-0.25, -0.2) is 4.79 Å². The van der Waals surface area contributed by atoms with E-state index >= 15 is 0 Å². The number of nitrogens with zero attached hydrogens (tertiary/aromatic N) is 2. The van der Waals surface area contributed by atoms with Crippen molar-refractivity contribution in [2.24, 2.45) is 5.73 Å². The lowest BCUT2D eigenvalue weighted by Gasteiger charge is -2.29. The molecule has 0 radical (unpaired) electrons. The maximum atomic E-state index is 10.7. The number of likely N-dealkylation sites (tertiary alicyclic amines) is 1. The van der Waals surface area contributed by atoms with E-state index in [0.29, 0.717) is 6.04 Å². The third-order valence-electron chi connectivity index (χ3n) is 3.09. The molecule has 3 N–H and O–H groups in total. The average Bonchev–Trinajstić information content (AvgIpc) is 2.33. The molecule has 0 aromatic carbocycles. The summed E-state index contributed by atoms with van der Waals surface area (Å²) >= 11 is 0. The van der Waals surface area contributed by atoms with Gasteiger partial charge in [0.2, 0.25) is 0 Å². The van der Waals surface area contributed by atoms with Crippen LogP contribution in [0, 0.1) is 0 Å². The van der Waals surface area contributed by atoms with Crippen LogP contribution in [-0.4, -0.2) is 40.1 Å². The van der Waals surface area contributed by atoms with Crippen molar-refractivity contribution >= 4 is 5.97 Å². The Hall–Kier alpha value is -1.46. The minimum Gasteiger partial charge on any atom is -0.478 e. The fraction of sp³-hybridized carbons (Fsp3) is 0.500. The van der Waals surface area contributed by atoms with Crippen molar-refractivity contribution in [3.63, 3.8) is 0 Å². The smallest absolute Gasteiger partial charge is 0.337 e. The summed E-state index contributed by atoms with van der Waals surface area (Å²) in [5, 5.41) is 8.76. The lowest BCUT2D eigenvalue weighted by molar-refractivity contribution is 0.0696. The second-order valence-corrected chi connectivity index (χ2v) is 4.46. The summed E-state index contributed by atoms with van der Waals surface area (Å²) in [4.78, 5) is 17.1. The van der Waals surface area contributed by atoms with Gasteiger partial charge in [0.1, 0.15) is 0 Å². The summed E-state index contributed by atoms with van der Waals surface area (Å²) < 4.78 is 0. The number of carbonyl (C=O) groups is 1. The molecule has 17 heavy (non-hydrogen) atoms. The largest absolute Gasteiger partial charge is 0.478 e. The highest BCUT2D eigenvalue weighted by Crippen LogP contribution is 2.11. The number of hydrogen-bond acceptors (Lipinski definition) is 4. The average molecular weight is 235 g/mol. The first-order valence-corrected chi connectivity index (χ1v) is 5.81. The summed E-state index contributed by atoms with van der Waals surface area (Å²) in [6.07, 6.45) is 3.45. The second kappa shape index (κ2) is 5.25. The molecule has 1 aliphatic heterocycles. The van der Waals surface area contributed by atoms with E-state index in [1.807, 2.05) is 0 Å². The minimum atomic E-state index is -0.937. The van der Waals surface area contributed by atoms with Crippen molar-refractivity contribution in [3.8, 4) is 0 Å². The Morgan fingerprint density at radius 3 is 2.71 bits per heavy atom. The normalized spacial score (nSPS) is 18.2. The highest BCUT2D eigenvalue weighted by atomic mass is 16.4. The molecule has 92 valence electrons. The molecule has 0 atom stereocenters. The molecule has 5 nitrogen and oxygen atoms in total. The first-order chi connectivity index (χ1) is 8.15. The predicted molar refractivity (Wildman–Crippen MR) is 63.7 cm³/mol. The highest BCUT2D eigenvalue weighted by molar-refractivity contribution is 5.87. The first kappa shape index (κ1) is 12.0. The summed E-state index contributed by atoms with van der Waals surface area (Å²) in [6.45, 7) is 2.75. The van der Waals surface area contributed by atoms with Gasteiger partial charge < -0.3 is 10.8 Å². The first-order valence-electron chi connectivity index (χ1n) is 5.81. The van der Waals surface area contributed by atoms with Crippen LogP contribution >= 0.6 is 0 Å². The van der Waals surface area contributed by atoms with Gasteiger partial charge in [0.25, 0.3) is 0 Å². The summed E-state index contributed by atoms with van der Waals surface area (Å²) in [5.41, 5.74) is 6.97. The van der Waals surface area contributed by atoms with Crippen LogP contribution in [0.3, 0.4) is 0 Å². The topological polar surface area (TPSA) is 79.5 Å². The molecule has 0 bridgehead atoms. The van der Waals surface area contributed by atoms with Crippen LogP contribution in [0.4, 0.5) is 0 Å². The molecule has 0 spiro atoms. The number of nitrogens with two attached hydrogens (primary N) is 1. The van der Waals surface area contributed by atoms with E-state index in [9.17, 15) is 4.79 Å². The lowest BCUT2D eigenvalue weighted by Crippen LogP contribution is -2.39. The fourth-order valence-electron chi connectivity index (χ4n) is 1.98. The van der Waals surface area contributed by atoms with Crippen molar-refractivity contribution in [2.75, 3.05) is 13.1 Å². The molecule has 0 saturated carbocycles. The zero-order chi connectivity index (χ0) is 12.3. The van der Waals surface area contributed by atoms with Gasteiger partial charge in [0.15, 0.2) is 0 Å². The SMILES string of the molecule is NC1CCN(Cc2ccc(C(=O)O)cn2)CC1. The van der Waals surface area contributed by atoms with E-state index in [0.717, 1.165) is 38.2 Å². The van der Waals surface area contributed by atoms with Crippen molar-refractivity contribution in [1.29, 1.82) is 0 Å². The van der Waals surface area contributed by atoms with E-state index in [1.165, 1.54) is 6.20 Å². The van der Waals surface area contributed by atoms with Gasteiger partial charge in [-0.2, -0.15) is 0 Å². The number of aromatic nitrogens is 1. The van der Waals surface area contributed by atoms with Crippen LogP contribution in [0.15, 0.2) is 18.3 Å². The van der Waals surface area contributed by atoms with Gasteiger partial charge in [0.05, 0.1) is 11.3 Å². The third-order valence-corrected chi connectivity index (χ3v) is 3.09. The third kappa shape index (κ3) is 3.25. The maximum absolute atomic E-state index is 10.7. The number of aromatic carboxylic acids is 1. The number of pyridine rings is 1. The van der Waals surface area contributed by atoms with Gasteiger partial charge in [-0.15, -0.1) is 0 Å². The maximum Gasteiger partial charge on any atom is 0.337 e. The van der Waals surface area contributed by atoms with Crippen LogP contribution in [0.2, 0.25) is 0 Å². The molecule has 1 fully saturated rings. The van der Waals surface area contributed by atoms with Gasteiger partial charge >= 0.3 is 5.97 Å². The zero-order valence-electron chi connectivity index (χ0n) is 9.67. The van der Waals surface area contributed by atoms with Crippen LogP contribution in [0.1, 0.15) is 28.9 Å². The standard InChI is InChI=1S/C12H17N3O2/c13-10-3-5-15(6-4-10)8-11-2-1-9(7-14-11)12(16)17/h1-2,7,10H,3-6,8,13H2,(H,16,17). The summed E-state index contributed by atoms with van der Waals surface area (Å²) in [7, 11) is 0. The monoisotopic (exact) mass is 235 g/mol. The molecule has 1 aromatic heterocycles. The molecule has 0 unspecified atom stereocenters. The van der Waals surface area contributed by atoms with Gasteiger partial charge in [-0.3, -0.25) is 9.88 Å². The molecule has 2 rings (SSSR count). The van der Waals surface area contributed by atoms with E-state index < -0.39 is 5.97 Å². The van der Waals surface area contributed by atoms with Crippen LogP contribution in [0.25, 0.3) is 0 Å². The fourth-order valence-corrected chi connectivity index (χ4v) is 1.98. The molecule has 0 amide bonds.